The first-order valence-corrected chi connectivity index (χ1v) is 7.56. The normalized spacial score (nSPS) is 10.9. The number of aryl methyl sites for hydroxylation is 1. The van der Waals surface area contributed by atoms with Crippen LogP contribution in [-0.4, -0.2) is 8.42 Å². The Bertz CT molecular complexity index is 839. The summed E-state index contributed by atoms with van der Waals surface area (Å²) in [5.74, 6) is 0. The number of primary sulfonamides is 1. The fourth-order valence-electron chi connectivity index (χ4n) is 1.94. The first-order chi connectivity index (χ1) is 9.82. The SMILES string of the molecule is Cc1cccc(Nc2ccc(N)cc2S(N)(=O)=O)c1C#N. The van der Waals surface area contributed by atoms with Gasteiger partial charge in [0.1, 0.15) is 11.0 Å². The fraction of sp³-hybridized carbons (Fsp3) is 0.0714. The van der Waals surface area contributed by atoms with Crippen molar-refractivity contribution in [3.8, 4) is 6.07 Å². The standard InChI is InChI=1S/C14H14N4O2S/c1-9-3-2-4-12(11(9)8-15)18-13-6-5-10(16)7-14(13)21(17,19)20/h2-7,18H,16H2,1H3,(H2,17,19,20). The number of rotatable bonds is 3. The monoisotopic (exact) mass is 302 g/mol. The molecule has 0 heterocycles. The molecule has 0 atom stereocenters. The van der Waals surface area contributed by atoms with E-state index in [0.717, 1.165) is 5.56 Å². The summed E-state index contributed by atoms with van der Waals surface area (Å²) < 4.78 is 23.3. The molecule has 5 N–H and O–H groups in total. The van der Waals surface area contributed by atoms with Gasteiger partial charge in [-0.05, 0) is 36.8 Å². The van der Waals surface area contributed by atoms with Crippen LogP contribution in [0.2, 0.25) is 0 Å². The van der Waals surface area contributed by atoms with E-state index in [0.29, 0.717) is 11.3 Å². The van der Waals surface area contributed by atoms with Crippen molar-refractivity contribution < 1.29 is 8.42 Å². The summed E-state index contributed by atoms with van der Waals surface area (Å²) in [7, 11) is -3.93. The van der Waals surface area contributed by atoms with Crippen molar-refractivity contribution in [3.63, 3.8) is 0 Å². The van der Waals surface area contributed by atoms with Crippen LogP contribution in [0.15, 0.2) is 41.3 Å². The summed E-state index contributed by atoms with van der Waals surface area (Å²) in [5.41, 5.74) is 7.89. The number of hydrogen-bond acceptors (Lipinski definition) is 5. The maximum atomic E-state index is 11.6. The number of nitrogens with one attached hydrogen (secondary N) is 1. The zero-order valence-electron chi connectivity index (χ0n) is 11.3. The highest BCUT2D eigenvalue weighted by molar-refractivity contribution is 7.89. The van der Waals surface area contributed by atoms with Crippen LogP contribution in [0.4, 0.5) is 17.1 Å². The molecule has 6 nitrogen and oxygen atoms in total. The number of nitriles is 1. The molecule has 7 heteroatoms. The summed E-state index contributed by atoms with van der Waals surface area (Å²) in [5, 5.41) is 17.3. The number of nitrogens with two attached hydrogens (primary N) is 2. The minimum absolute atomic E-state index is 0.118. The molecule has 21 heavy (non-hydrogen) atoms. The number of hydrogen-bond donors (Lipinski definition) is 3. The van der Waals surface area contributed by atoms with E-state index in [1.165, 1.54) is 12.1 Å². The third kappa shape index (κ3) is 3.13. The predicted octanol–water partition coefficient (Wildman–Crippen LogP) is 1.84. The second kappa shape index (κ2) is 5.44. The lowest BCUT2D eigenvalue weighted by Gasteiger charge is -2.13. The Kier molecular flexibility index (Phi) is 3.84. The van der Waals surface area contributed by atoms with Gasteiger partial charge in [0.2, 0.25) is 10.0 Å². The van der Waals surface area contributed by atoms with Gasteiger partial charge in [-0.15, -0.1) is 0 Å². The maximum Gasteiger partial charge on any atom is 0.240 e. The van der Waals surface area contributed by atoms with E-state index in [4.69, 9.17) is 10.9 Å². The first kappa shape index (κ1) is 14.8. The topological polar surface area (TPSA) is 122 Å². The van der Waals surface area contributed by atoms with Crippen LogP contribution < -0.4 is 16.2 Å². The van der Waals surface area contributed by atoms with Gasteiger partial charge in [0.05, 0.1) is 16.9 Å². The molecule has 0 radical (unpaired) electrons. The quantitative estimate of drug-likeness (QED) is 0.747. The second-order valence-electron chi connectivity index (χ2n) is 4.53. The molecular weight excluding hydrogens is 288 g/mol. The van der Waals surface area contributed by atoms with Crippen molar-refractivity contribution in [2.24, 2.45) is 5.14 Å². The number of benzene rings is 2. The highest BCUT2D eigenvalue weighted by atomic mass is 32.2. The fourth-order valence-corrected chi connectivity index (χ4v) is 2.67. The minimum atomic E-state index is -3.93. The zero-order chi connectivity index (χ0) is 15.6. The van der Waals surface area contributed by atoms with E-state index < -0.39 is 10.0 Å². The summed E-state index contributed by atoms with van der Waals surface area (Å²) in [6, 6.07) is 11.7. The van der Waals surface area contributed by atoms with Gasteiger partial charge in [-0.25, -0.2) is 13.6 Å². The van der Waals surface area contributed by atoms with E-state index in [-0.39, 0.29) is 16.3 Å². The molecule has 0 unspecified atom stereocenters. The smallest absolute Gasteiger partial charge is 0.240 e. The van der Waals surface area contributed by atoms with E-state index in [1.54, 1.807) is 31.2 Å². The van der Waals surface area contributed by atoms with Crippen LogP contribution in [0.5, 0.6) is 0 Å². The van der Waals surface area contributed by atoms with Crippen molar-refractivity contribution >= 4 is 27.1 Å². The molecule has 0 saturated heterocycles. The number of anilines is 3. The lowest BCUT2D eigenvalue weighted by atomic mass is 10.1. The molecule has 108 valence electrons. The van der Waals surface area contributed by atoms with Gasteiger partial charge in [-0.1, -0.05) is 12.1 Å². The molecule has 2 aromatic carbocycles. The Morgan fingerprint density at radius 2 is 1.90 bits per heavy atom. The van der Waals surface area contributed by atoms with E-state index in [9.17, 15) is 13.7 Å². The molecular formula is C14H14N4O2S. The number of nitrogens with zero attached hydrogens (tertiary/aromatic N) is 1. The van der Waals surface area contributed by atoms with Crippen LogP contribution >= 0.6 is 0 Å². The van der Waals surface area contributed by atoms with Crippen LogP contribution in [-0.2, 0) is 10.0 Å². The van der Waals surface area contributed by atoms with Crippen LogP contribution in [0.25, 0.3) is 0 Å². The Morgan fingerprint density at radius 3 is 2.52 bits per heavy atom. The number of sulfonamides is 1. The third-order valence-corrected chi connectivity index (χ3v) is 3.92. The molecule has 2 aromatic rings. The average molecular weight is 302 g/mol. The summed E-state index contributed by atoms with van der Waals surface area (Å²) in [6.07, 6.45) is 0. The summed E-state index contributed by atoms with van der Waals surface area (Å²) >= 11 is 0. The van der Waals surface area contributed by atoms with Crippen molar-refractivity contribution in [1.82, 2.24) is 0 Å². The Hall–Kier alpha value is -2.56. The molecule has 0 aromatic heterocycles. The summed E-state index contributed by atoms with van der Waals surface area (Å²) in [6.45, 7) is 1.80. The van der Waals surface area contributed by atoms with Gasteiger partial charge < -0.3 is 11.1 Å². The minimum Gasteiger partial charge on any atom is -0.399 e. The molecule has 0 bridgehead atoms. The van der Waals surface area contributed by atoms with Crippen molar-refractivity contribution in [3.05, 3.63) is 47.5 Å². The van der Waals surface area contributed by atoms with Gasteiger partial charge in [-0.3, -0.25) is 0 Å². The van der Waals surface area contributed by atoms with E-state index in [2.05, 4.69) is 11.4 Å². The Balaban J connectivity index is 2.56. The van der Waals surface area contributed by atoms with Crippen molar-refractivity contribution in [2.45, 2.75) is 11.8 Å². The van der Waals surface area contributed by atoms with E-state index >= 15 is 0 Å². The lowest BCUT2D eigenvalue weighted by Crippen LogP contribution is -2.14. The first-order valence-electron chi connectivity index (χ1n) is 6.02. The van der Waals surface area contributed by atoms with Crippen LogP contribution in [0.1, 0.15) is 11.1 Å². The molecule has 0 amide bonds. The Labute approximate surface area is 123 Å². The highest BCUT2D eigenvalue weighted by Crippen LogP contribution is 2.28. The third-order valence-electron chi connectivity index (χ3n) is 2.97. The Morgan fingerprint density at radius 1 is 1.19 bits per heavy atom. The lowest BCUT2D eigenvalue weighted by molar-refractivity contribution is 0.598. The van der Waals surface area contributed by atoms with Crippen molar-refractivity contribution in [1.29, 1.82) is 5.26 Å². The largest absolute Gasteiger partial charge is 0.399 e. The number of nitrogen functional groups attached to an aromatic ring is 1. The van der Waals surface area contributed by atoms with Gasteiger partial charge in [0.15, 0.2) is 0 Å². The van der Waals surface area contributed by atoms with Gasteiger partial charge in [0.25, 0.3) is 0 Å². The predicted molar refractivity (Wildman–Crippen MR) is 81.4 cm³/mol. The van der Waals surface area contributed by atoms with Gasteiger partial charge in [0, 0.05) is 5.69 Å². The zero-order valence-corrected chi connectivity index (χ0v) is 12.1. The average Bonchev–Trinajstić information content (AvgIpc) is 2.40. The summed E-state index contributed by atoms with van der Waals surface area (Å²) in [4.78, 5) is -0.118. The molecule has 0 saturated carbocycles. The molecule has 0 aliphatic heterocycles. The van der Waals surface area contributed by atoms with Crippen LogP contribution in [0.3, 0.4) is 0 Å². The van der Waals surface area contributed by atoms with Gasteiger partial charge >= 0.3 is 0 Å². The molecule has 0 aliphatic rings. The van der Waals surface area contributed by atoms with E-state index in [1.807, 2.05) is 0 Å². The van der Waals surface area contributed by atoms with Crippen molar-refractivity contribution in [2.75, 3.05) is 11.1 Å². The molecule has 0 aliphatic carbocycles. The van der Waals surface area contributed by atoms with Gasteiger partial charge in [-0.2, -0.15) is 5.26 Å². The molecule has 0 spiro atoms. The molecule has 0 fully saturated rings. The maximum absolute atomic E-state index is 11.6. The second-order valence-corrected chi connectivity index (χ2v) is 6.06. The molecule has 2 rings (SSSR count). The van der Waals surface area contributed by atoms with Crippen LogP contribution in [0, 0.1) is 18.3 Å². The highest BCUT2D eigenvalue weighted by Gasteiger charge is 2.16.